The van der Waals surface area contributed by atoms with E-state index in [-0.39, 0.29) is 61.9 Å². The summed E-state index contributed by atoms with van der Waals surface area (Å²) in [6, 6.07) is 63.7. The van der Waals surface area contributed by atoms with Crippen LogP contribution in [0.15, 0.2) is 212 Å². The number of ether oxygens (including phenoxy) is 13. The molecule has 2 saturated carbocycles. The zero-order chi connectivity index (χ0) is 67.8. The largest absolute Gasteiger partial charge is 0.469 e. The Balaban J connectivity index is 1.01. The molecule has 0 N–H and O–H groups in total. The summed E-state index contributed by atoms with van der Waals surface area (Å²) in [7, 11) is 1.34. The Bertz CT molecular complexity index is 3550. The van der Waals surface area contributed by atoms with E-state index in [0.717, 1.165) is 54.4 Å². The predicted octanol–water partition coefficient (Wildman–Crippen LogP) is 13.5. The number of esters is 5. The monoisotopic (exact) mass is 1340 g/mol. The molecule has 7 aromatic carbocycles. The molecule has 4 aliphatic rings. The number of rotatable bonds is 30. The van der Waals surface area contributed by atoms with Crippen LogP contribution in [0, 0.1) is 11.8 Å². The standard InChI is InChI=1S/C80H88O18/c1-54-68(87-49-56-30-13-4-14-31-56)71(88-50-57-32-15-5-16-33-57)73(89-51-58-34-17-6-18-35-58)79(92-54)98-69-60(46-47-67(81)86-2)44-27-45-64(69)94-80-74(97-77(84)63-42-25-10-26-43-63)72(93-65(48-55-28-11-3-12-29-55)78(85)90-52-59-36-19-7-20-37-59)70(96-76(83)62-40-23-9-24-41-62)66(95-80)53-91-75(82)61-38-21-8-22-39-61/h4-10,13-26,30-43,54-55,60,64-66,68-74,79-80H,3,11-12,27-29,44-53H2,1-2H3/t54-,60-,64-,65+,66-,68+,69+,70+,71+,72+,73-,74-,79+,80+/m1/s1. The first kappa shape index (κ1) is 70.9. The Morgan fingerprint density at radius 3 is 1.44 bits per heavy atom. The van der Waals surface area contributed by atoms with Crippen molar-refractivity contribution in [2.75, 3.05) is 13.7 Å². The SMILES string of the molecule is COC(=O)CC[C@H]1CCC[C@@H](O[C@H]2O[C@H](COC(=O)c3ccccc3)[C@H](OC(=O)c3ccccc3)[C@H](O[C@@H](CC3CCCCC3)C(=O)OCc3ccccc3)[C@H]2OC(=O)c2ccccc2)[C@H]1O[C@@H]1O[C@H](C)[C@H](OCc2ccccc2)[C@H](OCc2ccccc2)[C@H]1OCc1ccccc1. The molecule has 2 aliphatic carbocycles. The second-order valence-electron chi connectivity index (χ2n) is 25.5. The molecule has 516 valence electrons. The van der Waals surface area contributed by atoms with Crippen LogP contribution in [0.2, 0.25) is 0 Å². The first-order valence-corrected chi connectivity index (χ1v) is 34.3. The minimum Gasteiger partial charge on any atom is -0.469 e. The van der Waals surface area contributed by atoms with Crippen LogP contribution < -0.4 is 0 Å². The van der Waals surface area contributed by atoms with Gasteiger partial charge in [-0.3, -0.25) is 4.79 Å². The third-order valence-corrected chi connectivity index (χ3v) is 18.6. The summed E-state index contributed by atoms with van der Waals surface area (Å²) in [4.78, 5) is 72.3. The van der Waals surface area contributed by atoms with Gasteiger partial charge in [0.05, 0.1) is 61.9 Å². The van der Waals surface area contributed by atoms with Gasteiger partial charge in [0.2, 0.25) is 0 Å². The molecule has 98 heavy (non-hydrogen) atoms. The minimum atomic E-state index is -1.66. The van der Waals surface area contributed by atoms with Gasteiger partial charge in [-0.25, -0.2) is 19.2 Å². The first-order valence-electron chi connectivity index (χ1n) is 34.3. The lowest BCUT2D eigenvalue weighted by Gasteiger charge is -2.49. The first-order chi connectivity index (χ1) is 48.0. The van der Waals surface area contributed by atoms with Crippen molar-refractivity contribution in [1.29, 1.82) is 0 Å². The van der Waals surface area contributed by atoms with Crippen molar-refractivity contribution in [3.05, 3.63) is 251 Å². The van der Waals surface area contributed by atoms with E-state index in [2.05, 4.69) is 0 Å². The molecule has 18 nitrogen and oxygen atoms in total. The molecular weight excluding hydrogens is 1250 g/mol. The van der Waals surface area contributed by atoms with Crippen LogP contribution in [0.25, 0.3) is 0 Å². The summed E-state index contributed by atoms with van der Waals surface area (Å²) >= 11 is 0. The summed E-state index contributed by atoms with van der Waals surface area (Å²) in [5, 5.41) is 0. The van der Waals surface area contributed by atoms with E-state index >= 15 is 9.59 Å². The smallest absolute Gasteiger partial charge is 0.338 e. The second-order valence-corrected chi connectivity index (χ2v) is 25.5. The van der Waals surface area contributed by atoms with E-state index in [1.165, 1.54) is 7.11 Å². The fourth-order valence-electron chi connectivity index (χ4n) is 13.4. The van der Waals surface area contributed by atoms with Gasteiger partial charge < -0.3 is 61.6 Å². The molecule has 2 heterocycles. The van der Waals surface area contributed by atoms with Gasteiger partial charge in [0.1, 0.15) is 43.7 Å². The highest BCUT2D eigenvalue weighted by Crippen LogP contribution is 2.41. The highest BCUT2D eigenvalue weighted by Gasteiger charge is 2.56. The molecule has 0 amide bonds. The summed E-state index contributed by atoms with van der Waals surface area (Å²) < 4.78 is 88.1. The van der Waals surface area contributed by atoms with E-state index in [4.69, 9.17) is 61.6 Å². The minimum absolute atomic E-state index is 0.0181. The fraction of sp³-hybridized carbons (Fsp3) is 0.412. The van der Waals surface area contributed by atoms with Crippen LogP contribution in [0.3, 0.4) is 0 Å². The molecule has 2 saturated heterocycles. The van der Waals surface area contributed by atoms with E-state index in [0.29, 0.717) is 25.7 Å². The molecule has 11 rings (SSSR count). The Morgan fingerprint density at radius 1 is 0.439 bits per heavy atom. The molecule has 14 atom stereocenters. The van der Waals surface area contributed by atoms with Gasteiger partial charge in [0.25, 0.3) is 0 Å². The van der Waals surface area contributed by atoms with Crippen molar-refractivity contribution < 1.29 is 85.6 Å². The molecule has 0 radical (unpaired) electrons. The molecule has 0 unspecified atom stereocenters. The van der Waals surface area contributed by atoms with Gasteiger partial charge in [0.15, 0.2) is 30.9 Å². The van der Waals surface area contributed by atoms with Gasteiger partial charge in [0, 0.05) is 6.42 Å². The van der Waals surface area contributed by atoms with Crippen LogP contribution in [-0.2, 0) is 97.6 Å². The highest BCUT2D eigenvalue weighted by atomic mass is 16.8. The predicted molar refractivity (Wildman–Crippen MR) is 360 cm³/mol. The van der Waals surface area contributed by atoms with Crippen LogP contribution in [-0.4, -0.2) is 123 Å². The summed E-state index contributed by atoms with van der Waals surface area (Å²) in [5.74, 6) is -3.87. The van der Waals surface area contributed by atoms with Crippen molar-refractivity contribution in [2.45, 2.75) is 184 Å². The topological polar surface area (TPSA) is 205 Å². The van der Waals surface area contributed by atoms with Crippen molar-refractivity contribution in [3.63, 3.8) is 0 Å². The van der Waals surface area contributed by atoms with Gasteiger partial charge in [-0.1, -0.05) is 214 Å². The maximum absolute atomic E-state index is 15.1. The van der Waals surface area contributed by atoms with Gasteiger partial charge >= 0.3 is 29.8 Å². The maximum atomic E-state index is 15.1. The lowest BCUT2D eigenvalue weighted by Crippen LogP contribution is -2.65. The fourth-order valence-corrected chi connectivity index (χ4v) is 13.4. The molecule has 0 aromatic heterocycles. The number of methoxy groups -OCH3 is 1. The van der Waals surface area contributed by atoms with E-state index in [9.17, 15) is 14.4 Å². The van der Waals surface area contributed by atoms with E-state index in [1.807, 2.05) is 128 Å². The molecule has 7 aromatic rings. The van der Waals surface area contributed by atoms with Crippen molar-refractivity contribution in [2.24, 2.45) is 11.8 Å². The maximum Gasteiger partial charge on any atom is 0.338 e. The van der Waals surface area contributed by atoms with Crippen molar-refractivity contribution >= 4 is 29.8 Å². The molecule has 18 heteroatoms. The third kappa shape index (κ3) is 19.9. The van der Waals surface area contributed by atoms with Crippen LogP contribution in [0.4, 0.5) is 0 Å². The average molecular weight is 1340 g/mol. The summed E-state index contributed by atoms with van der Waals surface area (Å²) in [6.45, 7) is 1.85. The van der Waals surface area contributed by atoms with E-state index < -0.39 is 122 Å². The van der Waals surface area contributed by atoms with Crippen molar-refractivity contribution in [1.82, 2.24) is 0 Å². The third-order valence-electron chi connectivity index (χ3n) is 18.6. The molecular formula is C80H88O18. The Kier molecular flexibility index (Phi) is 26.3. The molecule has 4 fully saturated rings. The number of benzene rings is 7. The molecule has 2 aliphatic heterocycles. The lowest BCUT2D eigenvalue weighted by molar-refractivity contribution is -0.356. The second kappa shape index (κ2) is 36.4. The summed E-state index contributed by atoms with van der Waals surface area (Å²) in [6.07, 6.45) is -8.92. The van der Waals surface area contributed by atoms with Gasteiger partial charge in [-0.2, -0.15) is 0 Å². The Labute approximate surface area is 573 Å². The molecule has 0 bridgehead atoms. The van der Waals surface area contributed by atoms with Gasteiger partial charge in [-0.15, -0.1) is 0 Å². The number of carbonyl (C=O) groups excluding carboxylic acids is 5. The number of hydrogen-bond acceptors (Lipinski definition) is 18. The van der Waals surface area contributed by atoms with Crippen LogP contribution >= 0.6 is 0 Å². The summed E-state index contributed by atoms with van der Waals surface area (Å²) in [5.41, 5.74) is 4.04. The zero-order valence-electron chi connectivity index (χ0n) is 55.5. The lowest BCUT2D eigenvalue weighted by atomic mass is 9.81. The zero-order valence-corrected chi connectivity index (χ0v) is 55.5. The van der Waals surface area contributed by atoms with Gasteiger partial charge in [-0.05, 0) is 103 Å². The van der Waals surface area contributed by atoms with E-state index in [1.54, 1.807) is 91.0 Å². The molecule has 0 spiro atoms. The average Bonchev–Trinajstić information content (AvgIpc) is 0.788. The van der Waals surface area contributed by atoms with Crippen LogP contribution in [0.5, 0.6) is 0 Å². The van der Waals surface area contributed by atoms with Crippen LogP contribution in [0.1, 0.15) is 131 Å². The quantitative estimate of drug-likeness (QED) is 0.0303. The highest BCUT2D eigenvalue weighted by molar-refractivity contribution is 5.90. The number of carbonyl (C=O) groups is 5. The Hall–Kier alpha value is -8.43. The number of hydrogen-bond donors (Lipinski definition) is 0. The normalized spacial score (nSPS) is 25.2. The Morgan fingerprint density at radius 2 is 0.908 bits per heavy atom. The van der Waals surface area contributed by atoms with Crippen molar-refractivity contribution in [3.8, 4) is 0 Å².